The van der Waals surface area contributed by atoms with Crippen molar-refractivity contribution in [2.75, 3.05) is 0 Å². The highest BCUT2D eigenvalue weighted by Gasteiger charge is 2.18. The molecule has 4 aromatic carbocycles. The Balaban J connectivity index is 1.84. The molecule has 29 heavy (non-hydrogen) atoms. The van der Waals surface area contributed by atoms with Gasteiger partial charge in [-0.15, -0.1) is 0 Å². The molecule has 0 atom stereocenters. The van der Waals surface area contributed by atoms with Gasteiger partial charge in [-0.05, 0) is 52.3 Å². The number of nitrogens with one attached hydrogen (secondary N) is 1. The summed E-state index contributed by atoms with van der Waals surface area (Å²) in [4.78, 5) is 3.57. The molecule has 0 bridgehead atoms. The lowest BCUT2D eigenvalue weighted by atomic mass is 10.1. The maximum absolute atomic E-state index is 6.74. The van der Waals surface area contributed by atoms with Crippen LogP contribution in [0.1, 0.15) is 0 Å². The zero-order valence-electron chi connectivity index (χ0n) is 15.0. The molecular weight excluding hydrogens is 512 g/mol. The Morgan fingerprint density at radius 3 is 2.31 bits per heavy atom. The van der Waals surface area contributed by atoms with E-state index in [9.17, 15) is 0 Å². The van der Waals surface area contributed by atoms with Gasteiger partial charge in [-0.25, -0.2) is 0 Å². The molecule has 0 aliphatic carbocycles. The highest BCUT2D eigenvalue weighted by molar-refractivity contribution is 9.11. The van der Waals surface area contributed by atoms with Crippen molar-refractivity contribution in [1.82, 2.24) is 9.55 Å². The topological polar surface area (TPSA) is 20.7 Å². The SMILES string of the molecule is Clc1c(Br)cc(Br)cc1-n1c2ccccc2c2cc3c(cc21)[nH]c1ccccc13. The first-order valence-electron chi connectivity index (χ1n) is 9.20. The average molecular weight is 525 g/mol. The fourth-order valence-electron chi connectivity index (χ4n) is 4.28. The van der Waals surface area contributed by atoms with Crippen molar-refractivity contribution >= 4 is 87.1 Å². The Morgan fingerprint density at radius 1 is 0.690 bits per heavy atom. The summed E-state index contributed by atoms with van der Waals surface area (Å²) in [6.07, 6.45) is 0. The summed E-state index contributed by atoms with van der Waals surface area (Å²) in [7, 11) is 0. The van der Waals surface area contributed by atoms with Crippen molar-refractivity contribution < 1.29 is 0 Å². The van der Waals surface area contributed by atoms with Gasteiger partial charge in [0.05, 0.1) is 21.7 Å². The number of para-hydroxylation sites is 2. The number of aromatic amines is 1. The highest BCUT2D eigenvalue weighted by Crippen LogP contribution is 2.40. The standard InChI is InChI=1S/C24H13Br2ClN2/c25-13-9-18(26)24(27)23(10-13)29-21-8-4-2-6-15(21)17-11-16-14-5-1-3-7-19(14)28-20(16)12-22(17)29/h1-12,28H. The van der Waals surface area contributed by atoms with Gasteiger partial charge in [0.1, 0.15) is 0 Å². The third kappa shape index (κ3) is 2.53. The molecule has 1 N–H and O–H groups in total. The van der Waals surface area contributed by atoms with Gasteiger partial charge in [-0.1, -0.05) is 63.9 Å². The molecule has 0 saturated heterocycles. The molecule has 0 saturated carbocycles. The molecule has 0 aliphatic rings. The first kappa shape index (κ1) is 17.6. The molecule has 6 aromatic rings. The predicted molar refractivity (Wildman–Crippen MR) is 131 cm³/mol. The van der Waals surface area contributed by atoms with Gasteiger partial charge in [-0.3, -0.25) is 0 Å². The number of aromatic nitrogens is 2. The Morgan fingerprint density at radius 2 is 1.45 bits per heavy atom. The summed E-state index contributed by atoms with van der Waals surface area (Å²) in [5.41, 5.74) is 5.46. The van der Waals surface area contributed by atoms with Crippen LogP contribution >= 0.6 is 43.5 Å². The second-order valence-corrected chi connectivity index (χ2v) is 9.31. The third-order valence-electron chi connectivity index (χ3n) is 5.51. The molecule has 2 heterocycles. The summed E-state index contributed by atoms with van der Waals surface area (Å²) < 4.78 is 4.08. The van der Waals surface area contributed by atoms with Crippen LogP contribution in [0.3, 0.4) is 0 Å². The summed E-state index contributed by atoms with van der Waals surface area (Å²) in [5, 5.41) is 5.58. The zero-order valence-corrected chi connectivity index (χ0v) is 18.9. The van der Waals surface area contributed by atoms with E-state index in [1.165, 1.54) is 21.5 Å². The summed E-state index contributed by atoms with van der Waals surface area (Å²) >= 11 is 14.0. The molecule has 0 aliphatic heterocycles. The van der Waals surface area contributed by atoms with Crippen LogP contribution in [0.2, 0.25) is 5.02 Å². The van der Waals surface area contributed by atoms with Crippen LogP contribution in [0.5, 0.6) is 0 Å². The molecule has 140 valence electrons. The number of halogens is 3. The average Bonchev–Trinajstić information content (AvgIpc) is 3.24. The number of nitrogens with zero attached hydrogens (tertiary/aromatic N) is 1. The molecule has 0 fully saturated rings. The van der Waals surface area contributed by atoms with Gasteiger partial charge in [0, 0.05) is 41.5 Å². The van der Waals surface area contributed by atoms with E-state index in [0.717, 1.165) is 36.7 Å². The van der Waals surface area contributed by atoms with E-state index in [0.29, 0.717) is 5.02 Å². The van der Waals surface area contributed by atoms with Crippen molar-refractivity contribution in [3.8, 4) is 5.69 Å². The van der Waals surface area contributed by atoms with E-state index in [4.69, 9.17) is 11.6 Å². The molecule has 2 nitrogen and oxygen atoms in total. The quantitative estimate of drug-likeness (QED) is 0.208. The van der Waals surface area contributed by atoms with Crippen molar-refractivity contribution in [3.05, 3.63) is 86.8 Å². The largest absolute Gasteiger partial charge is 0.354 e. The molecule has 0 spiro atoms. The van der Waals surface area contributed by atoms with Crippen LogP contribution in [0.15, 0.2) is 81.7 Å². The molecule has 5 heteroatoms. The number of benzene rings is 4. The van der Waals surface area contributed by atoms with E-state index in [1.807, 2.05) is 6.07 Å². The maximum Gasteiger partial charge on any atom is 0.0789 e. The van der Waals surface area contributed by atoms with Crippen LogP contribution in [0, 0.1) is 0 Å². The molecule has 2 aromatic heterocycles. The van der Waals surface area contributed by atoms with Crippen molar-refractivity contribution in [2.24, 2.45) is 0 Å². The van der Waals surface area contributed by atoms with E-state index in [1.54, 1.807) is 0 Å². The minimum Gasteiger partial charge on any atom is -0.354 e. The highest BCUT2D eigenvalue weighted by atomic mass is 79.9. The lowest BCUT2D eigenvalue weighted by Crippen LogP contribution is -1.96. The van der Waals surface area contributed by atoms with E-state index in [-0.39, 0.29) is 0 Å². The fourth-order valence-corrected chi connectivity index (χ4v) is 5.67. The Kier molecular flexibility index (Phi) is 3.86. The van der Waals surface area contributed by atoms with Crippen LogP contribution in [-0.4, -0.2) is 9.55 Å². The minimum absolute atomic E-state index is 0.688. The number of hydrogen-bond donors (Lipinski definition) is 1. The Bertz CT molecular complexity index is 1590. The first-order chi connectivity index (χ1) is 14.1. The number of fused-ring (bicyclic) bond motifs is 6. The molecule has 0 amide bonds. The van der Waals surface area contributed by atoms with E-state index < -0.39 is 0 Å². The van der Waals surface area contributed by atoms with Gasteiger partial charge in [-0.2, -0.15) is 0 Å². The zero-order chi connectivity index (χ0) is 19.7. The lowest BCUT2D eigenvalue weighted by Gasteiger charge is -2.12. The maximum atomic E-state index is 6.74. The Hall–Kier alpha value is -2.27. The van der Waals surface area contributed by atoms with Crippen molar-refractivity contribution in [3.63, 3.8) is 0 Å². The number of H-pyrrole nitrogens is 1. The molecular formula is C24H13Br2ClN2. The van der Waals surface area contributed by atoms with Crippen LogP contribution in [0.4, 0.5) is 0 Å². The van der Waals surface area contributed by atoms with Crippen LogP contribution in [0.25, 0.3) is 49.3 Å². The monoisotopic (exact) mass is 522 g/mol. The Labute approximate surface area is 188 Å². The van der Waals surface area contributed by atoms with E-state index in [2.05, 4.69) is 108 Å². The summed E-state index contributed by atoms with van der Waals surface area (Å²) in [5.74, 6) is 0. The number of hydrogen-bond acceptors (Lipinski definition) is 0. The molecule has 0 unspecified atom stereocenters. The van der Waals surface area contributed by atoms with Gasteiger partial charge in [0.25, 0.3) is 0 Å². The second kappa shape index (κ2) is 6.36. The minimum atomic E-state index is 0.688. The molecule has 6 rings (SSSR count). The number of rotatable bonds is 1. The smallest absolute Gasteiger partial charge is 0.0789 e. The third-order valence-corrected chi connectivity index (χ3v) is 7.22. The van der Waals surface area contributed by atoms with Crippen molar-refractivity contribution in [2.45, 2.75) is 0 Å². The normalized spacial score (nSPS) is 12.0. The fraction of sp³-hybridized carbons (Fsp3) is 0. The molecule has 0 radical (unpaired) electrons. The van der Waals surface area contributed by atoms with Gasteiger partial charge in [0.15, 0.2) is 0 Å². The first-order valence-corrected chi connectivity index (χ1v) is 11.2. The lowest BCUT2D eigenvalue weighted by molar-refractivity contribution is 1.17. The summed E-state index contributed by atoms with van der Waals surface area (Å²) in [6.45, 7) is 0. The summed E-state index contributed by atoms with van der Waals surface area (Å²) in [6, 6.07) is 25.5. The predicted octanol–water partition coefficient (Wildman–Crippen LogP) is 8.60. The van der Waals surface area contributed by atoms with Crippen LogP contribution in [-0.2, 0) is 0 Å². The second-order valence-electron chi connectivity index (χ2n) is 7.16. The van der Waals surface area contributed by atoms with Gasteiger partial charge in [0.2, 0.25) is 0 Å². The van der Waals surface area contributed by atoms with Crippen LogP contribution < -0.4 is 0 Å². The van der Waals surface area contributed by atoms with Gasteiger partial charge >= 0.3 is 0 Å². The van der Waals surface area contributed by atoms with Crippen molar-refractivity contribution in [1.29, 1.82) is 0 Å². The van der Waals surface area contributed by atoms with Gasteiger partial charge < -0.3 is 9.55 Å². The van der Waals surface area contributed by atoms with E-state index >= 15 is 0 Å².